The van der Waals surface area contributed by atoms with Gasteiger partial charge in [0.15, 0.2) is 0 Å². The van der Waals surface area contributed by atoms with E-state index in [9.17, 15) is 32.9 Å². The van der Waals surface area contributed by atoms with Crippen molar-refractivity contribution in [3.05, 3.63) is 39.4 Å². The van der Waals surface area contributed by atoms with E-state index in [1.807, 2.05) is 0 Å². The first-order valence-corrected chi connectivity index (χ1v) is 7.80. The summed E-state index contributed by atoms with van der Waals surface area (Å²) in [6.45, 7) is 2.07. The molecule has 2 atom stereocenters. The smallest absolute Gasteiger partial charge is 0.394 e. The zero-order chi connectivity index (χ0) is 19.8. The predicted molar refractivity (Wildman–Crippen MR) is 83.8 cm³/mol. The number of carboxylic acid groups (broad SMARTS) is 1. The lowest BCUT2D eigenvalue weighted by Gasteiger charge is -2.18. The van der Waals surface area contributed by atoms with Crippen molar-refractivity contribution >= 4 is 17.6 Å². The SMILES string of the molecule is CC(C)c1ccc(C(=O)N2C[C@@H](C(F)(F)F)[C@H](C(=O)O)C2)cc1[N+](=O)[O-]. The number of alkyl halides is 3. The van der Waals surface area contributed by atoms with Gasteiger partial charge < -0.3 is 10.0 Å². The van der Waals surface area contributed by atoms with Gasteiger partial charge in [0.2, 0.25) is 0 Å². The van der Waals surface area contributed by atoms with E-state index in [-0.39, 0.29) is 17.2 Å². The van der Waals surface area contributed by atoms with Gasteiger partial charge in [0.05, 0.1) is 16.8 Å². The van der Waals surface area contributed by atoms with Gasteiger partial charge in [0.1, 0.15) is 0 Å². The molecule has 1 amide bonds. The van der Waals surface area contributed by atoms with Crippen molar-refractivity contribution < 1.29 is 32.8 Å². The normalized spacial score (nSPS) is 20.5. The van der Waals surface area contributed by atoms with Crippen molar-refractivity contribution in [3.63, 3.8) is 0 Å². The fraction of sp³-hybridized carbons (Fsp3) is 0.500. The molecule has 0 aliphatic carbocycles. The number of benzene rings is 1. The van der Waals surface area contributed by atoms with E-state index in [4.69, 9.17) is 5.11 Å². The summed E-state index contributed by atoms with van der Waals surface area (Å²) in [4.78, 5) is 34.9. The van der Waals surface area contributed by atoms with E-state index in [1.165, 1.54) is 12.1 Å². The minimum atomic E-state index is -4.76. The molecule has 1 aliphatic rings. The van der Waals surface area contributed by atoms with Gasteiger partial charge in [0, 0.05) is 30.3 Å². The summed E-state index contributed by atoms with van der Waals surface area (Å²) in [6, 6.07) is 3.72. The Morgan fingerprint density at radius 1 is 1.31 bits per heavy atom. The molecule has 26 heavy (non-hydrogen) atoms. The molecule has 142 valence electrons. The van der Waals surface area contributed by atoms with E-state index < -0.39 is 47.9 Å². The van der Waals surface area contributed by atoms with Crippen LogP contribution in [-0.4, -0.2) is 46.1 Å². The molecule has 0 bridgehead atoms. The predicted octanol–water partition coefficient (Wildman–Crippen LogP) is 3.05. The minimum Gasteiger partial charge on any atom is -0.481 e. The Morgan fingerprint density at radius 2 is 1.92 bits per heavy atom. The van der Waals surface area contributed by atoms with Crippen molar-refractivity contribution in [2.75, 3.05) is 13.1 Å². The molecule has 0 unspecified atom stereocenters. The molecule has 1 fully saturated rings. The fourth-order valence-electron chi connectivity index (χ4n) is 3.06. The van der Waals surface area contributed by atoms with E-state index in [0.717, 1.165) is 11.0 Å². The van der Waals surface area contributed by atoms with Crippen molar-refractivity contribution in [1.29, 1.82) is 0 Å². The molecule has 0 aromatic heterocycles. The van der Waals surface area contributed by atoms with Gasteiger partial charge in [-0.3, -0.25) is 19.7 Å². The van der Waals surface area contributed by atoms with Crippen molar-refractivity contribution in [3.8, 4) is 0 Å². The number of likely N-dealkylation sites (tertiary alicyclic amines) is 1. The number of nitro groups is 1. The van der Waals surface area contributed by atoms with Gasteiger partial charge >= 0.3 is 12.1 Å². The van der Waals surface area contributed by atoms with Gasteiger partial charge in [-0.2, -0.15) is 13.2 Å². The Kier molecular flexibility index (Phi) is 5.24. The van der Waals surface area contributed by atoms with Crippen LogP contribution in [0, 0.1) is 22.0 Å². The highest BCUT2D eigenvalue weighted by Gasteiger charge is 2.53. The molecule has 10 heteroatoms. The lowest BCUT2D eigenvalue weighted by molar-refractivity contribution is -0.385. The number of nitrogens with zero attached hydrogens (tertiary/aromatic N) is 2. The number of hydrogen-bond acceptors (Lipinski definition) is 4. The summed E-state index contributed by atoms with van der Waals surface area (Å²) >= 11 is 0. The van der Waals surface area contributed by atoms with E-state index in [1.54, 1.807) is 13.8 Å². The van der Waals surface area contributed by atoms with Crippen LogP contribution in [0.4, 0.5) is 18.9 Å². The zero-order valence-electron chi connectivity index (χ0n) is 14.0. The van der Waals surface area contributed by atoms with E-state index in [0.29, 0.717) is 5.56 Å². The highest BCUT2D eigenvalue weighted by molar-refractivity contribution is 5.95. The molecule has 1 aromatic carbocycles. The largest absolute Gasteiger partial charge is 0.481 e. The van der Waals surface area contributed by atoms with Gasteiger partial charge in [-0.25, -0.2) is 0 Å². The van der Waals surface area contributed by atoms with Gasteiger partial charge in [-0.15, -0.1) is 0 Å². The molecule has 1 aromatic rings. The maximum Gasteiger partial charge on any atom is 0.394 e. The maximum atomic E-state index is 13.0. The third-order valence-electron chi connectivity index (χ3n) is 4.44. The first-order valence-electron chi connectivity index (χ1n) is 7.80. The summed E-state index contributed by atoms with van der Waals surface area (Å²) in [7, 11) is 0. The van der Waals surface area contributed by atoms with Crippen LogP contribution in [0.3, 0.4) is 0 Å². The summed E-state index contributed by atoms with van der Waals surface area (Å²) in [6.07, 6.45) is -4.76. The number of carbonyl (C=O) groups is 2. The molecule has 7 nitrogen and oxygen atoms in total. The first-order chi connectivity index (χ1) is 11.9. The summed E-state index contributed by atoms with van der Waals surface area (Å²) < 4.78 is 39.1. The average molecular weight is 374 g/mol. The van der Waals surface area contributed by atoms with E-state index >= 15 is 0 Å². The molecule has 0 saturated carbocycles. The molecule has 1 heterocycles. The van der Waals surface area contributed by atoms with Crippen LogP contribution < -0.4 is 0 Å². The van der Waals surface area contributed by atoms with Gasteiger partial charge in [-0.1, -0.05) is 19.9 Å². The van der Waals surface area contributed by atoms with Gasteiger partial charge in [-0.05, 0) is 12.0 Å². The number of rotatable bonds is 4. The van der Waals surface area contributed by atoms with Crippen molar-refractivity contribution in [2.45, 2.75) is 25.9 Å². The highest BCUT2D eigenvalue weighted by Crippen LogP contribution is 2.38. The van der Waals surface area contributed by atoms with E-state index in [2.05, 4.69) is 0 Å². The Morgan fingerprint density at radius 3 is 2.35 bits per heavy atom. The van der Waals surface area contributed by atoms with Crippen molar-refractivity contribution in [1.82, 2.24) is 4.90 Å². The second-order valence-electron chi connectivity index (χ2n) is 6.49. The maximum absolute atomic E-state index is 13.0. The number of nitro benzene ring substituents is 1. The van der Waals surface area contributed by atoms with Crippen LogP contribution in [0.2, 0.25) is 0 Å². The number of halogens is 3. The molecule has 1 saturated heterocycles. The molecular weight excluding hydrogens is 357 g/mol. The third-order valence-corrected chi connectivity index (χ3v) is 4.44. The molecular formula is C16H17F3N2O5. The third kappa shape index (κ3) is 3.78. The standard InChI is InChI=1S/C16H17F3N2O5/c1-8(2)10-4-3-9(5-13(10)21(25)26)14(22)20-6-11(15(23)24)12(7-20)16(17,18)19/h3-5,8,11-12H,6-7H2,1-2H3,(H,23,24)/t11-,12-/m1/s1. The number of hydrogen-bond donors (Lipinski definition) is 1. The molecule has 1 aliphatic heterocycles. The lowest BCUT2D eigenvalue weighted by atomic mass is 9.96. The van der Waals surface area contributed by atoms with Gasteiger partial charge in [0.25, 0.3) is 11.6 Å². The van der Waals surface area contributed by atoms with Crippen LogP contribution in [0.5, 0.6) is 0 Å². The zero-order valence-corrected chi connectivity index (χ0v) is 14.0. The number of carbonyl (C=O) groups excluding carboxylic acids is 1. The number of carboxylic acids is 1. The van der Waals surface area contributed by atoms with Crippen LogP contribution in [-0.2, 0) is 4.79 Å². The topological polar surface area (TPSA) is 101 Å². The minimum absolute atomic E-state index is 0.145. The number of aliphatic carboxylic acids is 1. The average Bonchev–Trinajstić information content (AvgIpc) is 2.99. The lowest BCUT2D eigenvalue weighted by Crippen LogP contribution is -2.34. The molecule has 2 rings (SSSR count). The Balaban J connectivity index is 2.33. The van der Waals surface area contributed by atoms with Crippen LogP contribution in [0.25, 0.3) is 0 Å². The summed E-state index contributed by atoms with van der Waals surface area (Å²) in [5.74, 6) is -6.61. The summed E-state index contributed by atoms with van der Waals surface area (Å²) in [5.41, 5.74) is -0.0511. The summed E-state index contributed by atoms with van der Waals surface area (Å²) in [5, 5.41) is 20.2. The number of amides is 1. The second kappa shape index (κ2) is 6.93. The van der Waals surface area contributed by atoms with Crippen molar-refractivity contribution in [2.24, 2.45) is 11.8 Å². The Labute approximate surface area is 146 Å². The van der Waals surface area contributed by atoms with Crippen LogP contribution in [0.1, 0.15) is 35.7 Å². The monoisotopic (exact) mass is 374 g/mol. The molecule has 1 N–H and O–H groups in total. The molecule has 0 radical (unpaired) electrons. The van der Waals surface area contributed by atoms with Crippen LogP contribution in [0.15, 0.2) is 18.2 Å². The quantitative estimate of drug-likeness (QED) is 0.645. The Hall–Kier alpha value is -2.65. The van der Waals surface area contributed by atoms with Crippen LogP contribution >= 0.6 is 0 Å². The second-order valence-corrected chi connectivity index (χ2v) is 6.49. The molecule has 0 spiro atoms. The first kappa shape index (κ1) is 19.7. The Bertz CT molecular complexity index is 748. The highest BCUT2D eigenvalue weighted by atomic mass is 19.4. The fourth-order valence-corrected chi connectivity index (χ4v) is 3.06.